The lowest BCUT2D eigenvalue weighted by molar-refractivity contribution is 0.397. The van der Waals surface area contributed by atoms with Gasteiger partial charge in [-0.05, 0) is 23.6 Å². The van der Waals surface area contributed by atoms with Gasteiger partial charge in [0, 0.05) is 21.0 Å². The Morgan fingerprint density at radius 2 is 1.88 bits per heavy atom. The molecule has 0 spiro atoms. The summed E-state index contributed by atoms with van der Waals surface area (Å²) in [5.74, 6) is -0.430. The number of hydrogen-bond donors (Lipinski definition) is 1. The van der Waals surface area contributed by atoms with Gasteiger partial charge in [0.25, 0.3) is 0 Å². The van der Waals surface area contributed by atoms with Crippen LogP contribution < -0.4 is 10.5 Å². The number of rotatable bonds is 1. The zero-order valence-electron chi connectivity index (χ0n) is 13.0. The van der Waals surface area contributed by atoms with Gasteiger partial charge in [0.2, 0.25) is 5.88 Å². The Bertz CT molecular complexity index is 1080. The molecule has 2 N–H and O–H groups in total. The Labute approximate surface area is 152 Å². The van der Waals surface area contributed by atoms with Gasteiger partial charge in [-0.1, -0.05) is 52.3 Å². The molecule has 1 atom stereocenters. The van der Waals surface area contributed by atoms with Gasteiger partial charge in [-0.2, -0.15) is 5.26 Å². The summed E-state index contributed by atoms with van der Waals surface area (Å²) in [6.45, 7) is 0. The zero-order valence-corrected chi connectivity index (χ0v) is 14.5. The third kappa shape index (κ3) is 2.46. The Morgan fingerprint density at radius 1 is 1.08 bits per heavy atom. The molecule has 1 heterocycles. The van der Waals surface area contributed by atoms with Crippen molar-refractivity contribution in [3.63, 3.8) is 0 Å². The zero-order chi connectivity index (χ0) is 17.6. The quantitative estimate of drug-likeness (QED) is 0.634. The van der Waals surface area contributed by atoms with Crippen molar-refractivity contribution in [1.82, 2.24) is 0 Å². The van der Waals surface area contributed by atoms with Gasteiger partial charge in [-0.3, -0.25) is 0 Å². The van der Waals surface area contributed by atoms with E-state index >= 15 is 0 Å². The third-order valence-electron chi connectivity index (χ3n) is 4.38. The van der Waals surface area contributed by atoms with Gasteiger partial charge in [-0.15, -0.1) is 0 Å². The molecule has 1 aliphatic rings. The second kappa shape index (κ2) is 5.91. The first-order valence-electron chi connectivity index (χ1n) is 7.64. The summed E-state index contributed by atoms with van der Waals surface area (Å²) in [4.78, 5) is 0. The standard InChI is InChI=1S/C20H12BrFN2O/c21-12-6-8-17(22)15(9-12)18-14-7-5-11-3-1-2-4-13(11)19(14)25-20(24)16(18)10-23/h1-9,18H,24H2/t18-/m0/s1. The maximum absolute atomic E-state index is 14.6. The van der Waals surface area contributed by atoms with Crippen molar-refractivity contribution in [2.24, 2.45) is 5.73 Å². The van der Waals surface area contributed by atoms with Crippen molar-refractivity contribution < 1.29 is 9.13 Å². The van der Waals surface area contributed by atoms with Crippen LogP contribution >= 0.6 is 15.9 Å². The molecule has 3 aromatic rings. The fourth-order valence-corrected chi connectivity index (χ4v) is 3.62. The van der Waals surface area contributed by atoms with Crippen LogP contribution in [-0.4, -0.2) is 0 Å². The normalized spacial score (nSPS) is 16.3. The molecule has 122 valence electrons. The Balaban J connectivity index is 2.05. The molecule has 4 rings (SSSR count). The second-order valence-electron chi connectivity index (χ2n) is 5.80. The molecule has 0 amide bonds. The highest BCUT2D eigenvalue weighted by Gasteiger charge is 2.33. The van der Waals surface area contributed by atoms with E-state index in [1.54, 1.807) is 12.1 Å². The molecule has 25 heavy (non-hydrogen) atoms. The van der Waals surface area contributed by atoms with Crippen LogP contribution in [0.15, 0.2) is 70.5 Å². The number of ether oxygens (including phenoxy) is 1. The summed E-state index contributed by atoms with van der Waals surface area (Å²) >= 11 is 3.37. The van der Waals surface area contributed by atoms with Crippen LogP contribution in [0.3, 0.4) is 0 Å². The van der Waals surface area contributed by atoms with Gasteiger partial charge in [-0.25, -0.2) is 4.39 Å². The summed E-state index contributed by atoms with van der Waals surface area (Å²) in [5.41, 5.74) is 7.33. The van der Waals surface area contributed by atoms with Gasteiger partial charge in [0.15, 0.2) is 0 Å². The molecule has 0 fully saturated rings. The highest BCUT2D eigenvalue weighted by molar-refractivity contribution is 9.10. The predicted molar refractivity (Wildman–Crippen MR) is 97.3 cm³/mol. The minimum Gasteiger partial charge on any atom is -0.440 e. The fraction of sp³-hybridized carbons (Fsp3) is 0.0500. The summed E-state index contributed by atoms with van der Waals surface area (Å²) < 4.78 is 21.1. The number of benzene rings is 3. The molecule has 0 radical (unpaired) electrons. The van der Waals surface area contributed by atoms with Crippen LogP contribution in [0.1, 0.15) is 17.0 Å². The van der Waals surface area contributed by atoms with E-state index in [9.17, 15) is 9.65 Å². The molecule has 0 bridgehead atoms. The van der Waals surface area contributed by atoms with E-state index in [-0.39, 0.29) is 11.5 Å². The van der Waals surface area contributed by atoms with Gasteiger partial charge >= 0.3 is 0 Å². The highest BCUT2D eigenvalue weighted by Crippen LogP contribution is 2.46. The van der Waals surface area contributed by atoms with Crippen molar-refractivity contribution in [3.05, 3.63) is 87.5 Å². The fourth-order valence-electron chi connectivity index (χ4n) is 3.24. The summed E-state index contributed by atoms with van der Waals surface area (Å²) in [7, 11) is 0. The van der Waals surface area contributed by atoms with E-state index in [0.29, 0.717) is 11.3 Å². The number of nitriles is 1. The lowest BCUT2D eigenvalue weighted by atomic mass is 9.82. The molecule has 5 heteroatoms. The lowest BCUT2D eigenvalue weighted by Crippen LogP contribution is -2.21. The predicted octanol–water partition coefficient (Wildman–Crippen LogP) is 4.96. The maximum Gasteiger partial charge on any atom is 0.205 e. The SMILES string of the molecule is N#CC1=C(N)Oc2c(ccc3ccccc23)[C@H]1c1cc(Br)ccc1F. The van der Waals surface area contributed by atoms with Crippen LogP contribution in [0.4, 0.5) is 4.39 Å². The molecule has 0 saturated heterocycles. The van der Waals surface area contributed by atoms with E-state index in [1.807, 2.05) is 36.4 Å². The van der Waals surface area contributed by atoms with Gasteiger partial charge in [0.1, 0.15) is 23.2 Å². The Hall–Kier alpha value is -2.84. The topological polar surface area (TPSA) is 59.0 Å². The molecule has 0 aliphatic carbocycles. The van der Waals surface area contributed by atoms with Crippen molar-refractivity contribution in [2.45, 2.75) is 5.92 Å². The molecule has 0 aromatic heterocycles. The number of allylic oxidation sites excluding steroid dienone is 1. The number of nitrogens with zero attached hydrogens (tertiary/aromatic N) is 1. The number of hydrogen-bond acceptors (Lipinski definition) is 3. The largest absolute Gasteiger partial charge is 0.440 e. The van der Waals surface area contributed by atoms with Crippen molar-refractivity contribution in [3.8, 4) is 11.8 Å². The lowest BCUT2D eigenvalue weighted by Gasteiger charge is -2.27. The van der Waals surface area contributed by atoms with Gasteiger partial charge < -0.3 is 10.5 Å². The van der Waals surface area contributed by atoms with Gasteiger partial charge in [0.05, 0.1) is 5.92 Å². The van der Waals surface area contributed by atoms with Crippen LogP contribution in [0, 0.1) is 17.1 Å². The monoisotopic (exact) mass is 394 g/mol. The smallest absolute Gasteiger partial charge is 0.205 e. The average molecular weight is 395 g/mol. The molecule has 1 aliphatic heterocycles. The summed E-state index contributed by atoms with van der Waals surface area (Å²) in [5, 5.41) is 11.5. The second-order valence-corrected chi connectivity index (χ2v) is 6.71. The van der Waals surface area contributed by atoms with Crippen molar-refractivity contribution in [1.29, 1.82) is 5.26 Å². The van der Waals surface area contributed by atoms with E-state index in [0.717, 1.165) is 20.8 Å². The van der Waals surface area contributed by atoms with Crippen LogP contribution in [0.2, 0.25) is 0 Å². The van der Waals surface area contributed by atoms with E-state index < -0.39 is 11.7 Å². The minimum atomic E-state index is -0.615. The Kier molecular flexibility index (Phi) is 3.70. The third-order valence-corrected chi connectivity index (χ3v) is 4.87. The number of halogens is 2. The molecular formula is C20H12BrFN2O. The summed E-state index contributed by atoms with van der Waals surface area (Å²) in [6.07, 6.45) is 0. The molecular weight excluding hydrogens is 383 g/mol. The molecule has 3 aromatic carbocycles. The summed E-state index contributed by atoms with van der Waals surface area (Å²) in [6, 6.07) is 18.3. The van der Waals surface area contributed by atoms with Crippen LogP contribution in [-0.2, 0) is 0 Å². The first kappa shape index (κ1) is 15.7. The van der Waals surface area contributed by atoms with E-state index in [1.165, 1.54) is 6.07 Å². The van der Waals surface area contributed by atoms with E-state index in [4.69, 9.17) is 10.5 Å². The molecule has 0 unspecified atom stereocenters. The number of fused-ring (bicyclic) bond motifs is 3. The van der Waals surface area contributed by atoms with Crippen molar-refractivity contribution in [2.75, 3.05) is 0 Å². The Morgan fingerprint density at radius 3 is 2.68 bits per heavy atom. The number of nitrogens with two attached hydrogens (primary N) is 1. The van der Waals surface area contributed by atoms with E-state index in [2.05, 4.69) is 22.0 Å². The highest BCUT2D eigenvalue weighted by atomic mass is 79.9. The molecule has 3 nitrogen and oxygen atoms in total. The molecule has 0 saturated carbocycles. The first-order chi connectivity index (χ1) is 12.1. The van der Waals surface area contributed by atoms with Crippen LogP contribution in [0.5, 0.6) is 5.75 Å². The average Bonchev–Trinajstić information content (AvgIpc) is 2.62. The van der Waals surface area contributed by atoms with Crippen LogP contribution in [0.25, 0.3) is 10.8 Å². The first-order valence-corrected chi connectivity index (χ1v) is 8.43. The maximum atomic E-state index is 14.6. The van der Waals surface area contributed by atoms with Crippen molar-refractivity contribution >= 4 is 26.7 Å². The minimum absolute atomic E-state index is 0.00993.